The predicted molar refractivity (Wildman–Crippen MR) is 47.1 cm³/mol. The number of hydrogen-bond donors (Lipinski definition) is 2. The highest BCUT2D eigenvalue weighted by molar-refractivity contribution is 5.90. The van der Waals surface area contributed by atoms with Gasteiger partial charge in [0.05, 0.1) is 11.8 Å². The molecule has 1 aromatic carbocycles. The van der Waals surface area contributed by atoms with Crippen LogP contribution in [0.15, 0.2) is 18.5 Å². The molecule has 74 valence electrons. The Morgan fingerprint density at radius 1 is 1.43 bits per heavy atom. The third-order valence-corrected chi connectivity index (χ3v) is 1.81. The highest BCUT2D eigenvalue weighted by Gasteiger charge is 2.11. The summed E-state index contributed by atoms with van der Waals surface area (Å²) < 4.78 is 28.1. The van der Waals surface area contributed by atoms with E-state index in [0.717, 1.165) is 0 Å². The first kappa shape index (κ1) is 8.74. The summed E-state index contributed by atoms with van der Waals surface area (Å²) in [6, 6.07) is 2.96. The van der Waals surface area contributed by atoms with Crippen LogP contribution in [0.5, 0.6) is 5.75 Å². The van der Waals surface area contributed by atoms with E-state index in [0.29, 0.717) is 11.0 Å². The third-order valence-electron chi connectivity index (χ3n) is 1.81. The fourth-order valence-corrected chi connectivity index (χ4v) is 1.21. The molecule has 0 aliphatic heterocycles. The quantitative estimate of drug-likeness (QED) is 0.724. The van der Waals surface area contributed by atoms with Crippen LogP contribution in [0.25, 0.3) is 11.0 Å². The average molecular weight is 199 g/mol. The van der Waals surface area contributed by atoms with Gasteiger partial charge in [0.2, 0.25) is 0 Å². The molecule has 0 saturated heterocycles. The van der Waals surface area contributed by atoms with E-state index in [2.05, 4.69) is 14.7 Å². The van der Waals surface area contributed by atoms with Crippen LogP contribution in [-0.2, 0) is 0 Å². The van der Waals surface area contributed by atoms with Crippen molar-refractivity contribution in [2.75, 3.05) is 5.73 Å². The van der Waals surface area contributed by atoms with Gasteiger partial charge in [0.1, 0.15) is 11.2 Å². The van der Waals surface area contributed by atoms with E-state index < -0.39 is 6.61 Å². The van der Waals surface area contributed by atoms with Crippen molar-refractivity contribution in [3.63, 3.8) is 0 Å². The van der Waals surface area contributed by atoms with Crippen LogP contribution in [0, 0.1) is 0 Å². The number of nitrogen functional groups attached to an aromatic ring is 1. The highest BCUT2D eigenvalue weighted by Crippen LogP contribution is 2.29. The number of anilines is 1. The largest absolute Gasteiger partial charge is 0.433 e. The van der Waals surface area contributed by atoms with Gasteiger partial charge in [0.25, 0.3) is 0 Å². The number of fused-ring (bicyclic) bond motifs is 1. The number of nitrogens with one attached hydrogen (secondary N) is 1. The van der Waals surface area contributed by atoms with E-state index >= 15 is 0 Å². The fourth-order valence-electron chi connectivity index (χ4n) is 1.21. The van der Waals surface area contributed by atoms with E-state index in [-0.39, 0.29) is 11.4 Å². The van der Waals surface area contributed by atoms with Crippen molar-refractivity contribution in [1.82, 2.24) is 9.97 Å². The lowest BCUT2D eigenvalue weighted by Crippen LogP contribution is -2.04. The lowest BCUT2D eigenvalue weighted by Gasteiger charge is -2.06. The van der Waals surface area contributed by atoms with Gasteiger partial charge in [-0.25, -0.2) is 4.98 Å². The SMILES string of the molecule is Nc1c(OC(F)F)ccc2[nH]cnc12. The standard InChI is InChI=1S/C8H7F2N3O/c9-8(10)14-5-2-1-4-7(6(5)11)13-3-12-4/h1-3,8H,11H2,(H,12,13). The number of ether oxygens (including phenoxy) is 1. The fraction of sp³-hybridized carbons (Fsp3) is 0.125. The number of H-pyrrole nitrogens is 1. The minimum Gasteiger partial charge on any atom is -0.433 e. The monoisotopic (exact) mass is 199 g/mol. The molecule has 0 radical (unpaired) electrons. The predicted octanol–water partition coefficient (Wildman–Crippen LogP) is 1.75. The molecule has 0 spiro atoms. The van der Waals surface area contributed by atoms with Gasteiger partial charge < -0.3 is 15.5 Å². The van der Waals surface area contributed by atoms with Crippen LogP contribution in [0.1, 0.15) is 0 Å². The Kier molecular flexibility index (Phi) is 1.95. The zero-order valence-corrected chi connectivity index (χ0v) is 7.00. The smallest absolute Gasteiger partial charge is 0.387 e. The second-order valence-corrected chi connectivity index (χ2v) is 2.65. The van der Waals surface area contributed by atoms with E-state index in [4.69, 9.17) is 5.73 Å². The molecule has 0 saturated carbocycles. The first-order chi connectivity index (χ1) is 6.68. The Hall–Kier alpha value is -1.85. The molecule has 14 heavy (non-hydrogen) atoms. The van der Waals surface area contributed by atoms with Crippen LogP contribution < -0.4 is 10.5 Å². The molecular weight excluding hydrogens is 192 g/mol. The maximum absolute atomic E-state index is 11.9. The summed E-state index contributed by atoms with van der Waals surface area (Å²) in [5.41, 5.74) is 6.80. The molecule has 0 amide bonds. The number of alkyl halides is 2. The second-order valence-electron chi connectivity index (χ2n) is 2.65. The number of nitrogens with two attached hydrogens (primary N) is 1. The third kappa shape index (κ3) is 1.34. The Morgan fingerprint density at radius 2 is 2.21 bits per heavy atom. The summed E-state index contributed by atoms with van der Waals surface area (Å²) in [6.07, 6.45) is 1.44. The molecule has 0 bridgehead atoms. The van der Waals surface area contributed by atoms with Gasteiger partial charge in [-0.15, -0.1) is 0 Å². The van der Waals surface area contributed by atoms with Crippen molar-refractivity contribution in [1.29, 1.82) is 0 Å². The highest BCUT2D eigenvalue weighted by atomic mass is 19.3. The molecule has 0 atom stereocenters. The molecule has 0 unspecified atom stereocenters. The van der Waals surface area contributed by atoms with E-state index in [1.807, 2.05) is 0 Å². The van der Waals surface area contributed by atoms with Gasteiger partial charge in [-0.1, -0.05) is 0 Å². The second kappa shape index (κ2) is 3.13. The Labute approximate surface area is 77.7 Å². The first-order valence-electron chi connectivity index (χ1n) is 3.85. The molecule has 6 heteroatoms. The van der Waals surface area contributed by atoms with E-state index in [1.165, 1.54) is 12.4 Å². The van der Waals surface area contributed by atoms with E-state index in [1.54, 1.807) is 6.07 Å². The number of benzene rings is 1. The summed E-state index contributed by atoms with van der Waals surface area (Å²) >= 11 is 0. The van der Waals surface area contributed by atoms with Crippen molar-refractivity contribution in [3.05, 3.63) is 18.5 Å². The van der Waals surface area contributed by atoms with Crippen molar-refractivity contribution in [2.45, 2.75) is 6.61 Å². The van der Waals surface area contributed by atoms with Gasteiger partial charge in [-0.2, -0.15) is 8.78 Å². The number of nitrogens with zero attached hydrogens (tertiary/aromatic N) is 1. The number of aromatic nitrogens is 2. The summed E-state index contributed by atoms with van der Waals surface area (Å²) in [5, 5.41) is 0. The summed E-state index contributed by atoms with van der Waals surface area (Å²) in [6.45, 7) is -2.88. The van der Waals surface area contributed by atoms with Gasteiger partial charge in [0, 0.05) is 0 Å². The number of imidazole rings is 1. The molecule has 4 nitrogen and oxygen atoms in total. The maximum Gasteiger partial charge on any atom is 0.387 e. The first-order valence-corrected chi connectivity index (χ1v) is 3.85. The lowest BCUT2D eigenvalue weighted by atomic mass is 10.2. The number of aromatic amines is 1. The molecular formula is C8H7F2N3O. The van der Waals surface area contributed by atoms with Gasteiger partial charge in [0.15, 0.2) is 5.75 Å². The van der Waals surface area contributed by atoms with Crippen LogP contribution in [-0.4, -0.2) is 16.6 Å². The summed E-state index contributed by atoms with van der Waals surface area (Å²) in [7, 11) is 0. The lowest BCUT2D eigenvalue weighted by molar-refractivity contribution is -0.0492. The molecule has 2 aromatic rings. The van der Waals surface area contributed by atoms with Gasteiger partial charge >= 0.3 is 6.61 Å². The number of halogens is 2. The Balaban J connectivity index is 2.51. The molecule has 1 aromatic heterocycles. The van der Waals surface area contributed by atoms with Crippen molar-refractivity contribution in [3.8, 4) is 5.75 Å². The molecule has 0 aliphatic carbocycles. The maximum atomic E-state index is 11.9. The number of hydrogen-bond acceptors (Lipinski definition) is 3. The average Bonchev–Trinajstić information content (AvgIpc) is 2.57. The van der Waals surface area contributed by atoms with Crippen LogP contribution in [0.4, 0.5) is 14.5 Å². The van der Waals surface area contributed by atoms with Gasteiger partial charge in [-0.3, -0.25) is 0 Å². The summed E-state index contributed by atoms with van der Waals surface area (Å²) in [4.78, 5) is 6.69. The van der Waals surface area contributed by atoms with E-state index in [9.17, 15) is 8.78 Å². The molecule has 0 fully saturated rings. The zero-order valence-electron chi connectivity index (χ0n) is 7.00. The van der Waals surface area contributed by atoms with Gasteiger partial charge in [-0.05, 0) is 12.1 Å². The normalized spacial score (nSPS) is 11.1. The van der Waals surface area contributed by atoms with Crippen LogP contribution in [0.3, 0.4) is 0 Å². The molecule has 1 heterocycles. The zero-order chi connectivity index (χ0) is 10.1. The number of rotatable bonds is 2. The molecule has 3 N–H and O–H groups in total. The Morgan fingerprint density at radius 3 is 2.93 bits per heavy atom. The molecule has 0 aliphatic rings. The molecule has 2 rings (SSSR count). The summed E-state index contributed by atoms with van der Waals surface area (Å²) in [5.74, 6) is -0.0559. The van der Waals surface area contributed by atoms with Crippen molar-refractivity contribution in [2.24, 2.45) is 0 Å². The Bertz CT molecular complexity index is 455. The van der Waals surface area contributed by atoms with Crippen LogP contribution >= 0.6 is 0 Å². The minimum atomic E-state index is -2.88. The topological polar surface area (TPSA) is 63.9 Å². The van der Waals surface area contributed by atoms with Crippen LogP contribution in [0.2, 0.25) is 0 Å². The minimum absolute atomic E-state index is 0.0559. The van der Waals surface area contributed by atoms with Crippen molar-refractivity contribution >= 4 is 16.7 Å². The van der Waals surface area contributed by atoms with Crippen molar-refractivity contribution < 1.29 is 13.5 Å².